The molecule has 1 amide bonds. The van der Waals surface area contributed by atoms with Gasteiger partial charge in [-0.05, 0) is 36.1 Å². The van der Waals surface area contributed by atoms with Crippen LogP contribution in [0.2, 0.25) is 0 Å². The quantitative estimate of drug-likeness (QED) is 0.491. The van der Waals surface area contributed by atoms with Crippen LogP contribution < -0.4 is 9.47 Å². The van der Waals surface area contributed by atoms with E-state index in [1.54, 1.807) is 25.4 Å². The van der Waals surface area contributed by atoms with Gasteiger partial charge >= 0.3 is 6.61 Å². The normalized spacial score (nSPS) is 10.9. The van der Waals surface area contributed by atoms with Gasteiger partial charge in [-0.2, -0.15) is 8.78 Å². The zero-order valence-electron chi connectivity index (χ0n) is 16.7. The van der Waals surface area contributed by atoms with Crippen LogP contribution in [0.4, 0.5) is 8.78 Å². The van der Waals surface area contributed by atoms with E-state index >= 15 is 0 Å². The van der Waals surface area contributed by atoms with Crippen molar-refractivity contribution in [3.63, 3.8) is 0 Å². The number of hydrogen-bond donors (Lipinski definition) is 0. The van der Waals surface area contributed by atoms with Crippen LogP contribution in [0.3, 0.4) is 0 Å². The highest BCUT2D eigenvalue weighted by Gasteiger charge is 2.21. The van der Waals surface area contributed by atoms with Gasteiger partial charge in [0.25, 0.3) is 5.91 Å². The average molecular weight is 433 g/mol. The summed E-state index contributed by atoms with van der Waals surface area (Å²) in [4.78, 5) is 19.0. The Morgan fingerprint density at radius 1 is 1.20 bits per heavy atom. The molecule has 0 unspecified atom stereocenters. The van der Waals surface area contributed by atoms with Crippen LogP contribution in [0, 0.1) is 0 Å². The smallest absolute Gasteiger partial charge is 0.387 e. The number of aromatic nitrogens is 2. The second kappa shape index (κ2) is 9.62. The minimum Gasteiger partial charge on any atom is -0.493 e. The van der Waals surface area contributed by atoms with E-state index in [0.717, 1.165) is 5.69 Å². The Morgan fingerprint density at radius 3 is 2.57 bits per heavy atom. The molecule has 158 valence electrons. The highest BCUT2D eigenvalue weighted by Crippen LogP contribution is 2.30. The molecule has 0 bridgehead atoms. The van der Waals surface area contributed by atoms with Crippen molar-refractivity contribution in [2.24, 2.45) is 0 Å². The minimum absolute atomic E-state index is 0.0583. The van der Waals surface area contributed by atoms with Crippen LogP contribution in [0.5, 0.6) is 11.5 Å². The van der Waals surface area contributed by atoms with E-state index in [1.165, 1.54) is 29.8 Å². The fraction of sp³-hybridized carbons (Fsp3) is 0.238. The van der Waals surface area contributed by atoms with E-state index < -0.39 is 6.61 Å². The highest BCUT2D eigenvalue weighted by molar-refractivity contribution is 7.98. The fourth-order valence-corrected chi connectivity index (χ4v) is 3.55. The average Bonchev–Trinajstić information content (AvgIpc) is 3.18. The molecule has 1 heterocycles. The molecule has 3 aromatic rings. The highest BCUT2D eigenvalue weighted by atomic mass is 32.2. The van der Waals surface area contributed by atoms with Crippen LogP contribution >= 0.6 is 11.8 Å². The lowest BCUT2D eigenvalue weighted by Gasteiger charge is -2.19. The molecule has 9 heteroatoms. The number of carbonyl (C=O) groups excluding carboxylic acids is 1. The molecule has 0 aliphatic heterocycles. The molecule has 0 atom stereocenters. The minimum atomic E-state index is -2.95. The lowest BCUT2D eigenvalue weighted by atomic mass is 10.2. The summed E-state index contributed by atoms with van der Waals surface area (Å²) in [5.74, 6) is -0.108. The number of imidazole rings is 1. The molecule has 0 radical (unpaired) electrons. The maximum Gasteiger partial charge on any atom is 0.387 e. The third-order valence-electron chi connectivity index (χ3n) is 4.36. The molecule has 3 rings (SSSR count). The summed E-state index contributed by atoms with van der Waals surface area (Å²) in [5.41, 5.74) is 1.98. The summed E-state index contributed by atoms with van der Waals surface area (Å²) in [6.07, 6.45) is 3.45. The van der Waals surface area contributed by atoms with Gasteiger partial charge < -0.3 is 14.4 Å². The van der Waals surface area contributed by atoms with Gasteiger partial charge in [-0.3, -0.25) is 9.36 Å². The number of thioether (sulfide) groups is 1. The van der Waals surface area contributed by atoms with Crippen LogP contribution in [0.25, 0.3) is 5.69 Å². The number of halogens is 2. The molecule has 0 aliphatic carbocycles. The molecule has 0 saturated heterocycles. The summed E-state index contributed by atoms with van der Waals surface area (Å²) in [6.45, 7) is -2.70. The van der Waals surface area contributed by atoms with Crippen molar-refractivity contribution in [1.82, 2.24) is 14.5 Å². The summed E-state index contributed by atoms with van der Waals surface area (Å²) in [6, 6.07) is 14.1. The van der Waals surface area contributed by atoms with Crippen LogP contribution in [-0.4, -0.2) is 47.4 Å². The van der Waals surface area contributed by atoms with Crippen molar-refractivity contribution in [1.29, 1.82) is 0 Å². The maximum absolute atomic E-state index is 13.1. The standard InChI is InChI=1S/C21H21F2N3O3S/c1-25(13-14-9-10-17(29-20(22)23)18(11-14)28-2)19(27)16-12-24-21(30-3)26(16)15-7-5-4-6-8-15/h4-12,20H,13H2,1-3H3. The van der Waals surface area contributed by atoms with Gasteiger partial charge in [0, 0.05) is 19.3 Å². The molecule has 6 nitrogen and oxygen atoms in total. The number of ether oxygens (including phenoxy) is 2. The SMILES string of the molecule is COc1cc(CN(C)C(=O)c2cnc(SC)n2-c2ccccc2)ccc1OC(F)F. The first-order valence-corrected chi connectivity index (χ1v) is 10.2. The number of benzene rings is 2. The second-order valence-electron chi connectivity index (χ2n) is 6.33. The molecule has 2 aromatic carbocycles. The van der Waals surface area contributed by atoms with Crippen molar-refractivity contribution in [2.75, 3.05) is 20.4 Å². The van der Waals surface area contributed by atoms with Gasteiger partial charge in [0.15, 0.2) is 16.7 Å². The molecular formula is C21H21F2N3O3S. The Hall–Kier alpha value is -3.07. The Morgan fingerprint density at radius 2 is 1.93 bits per heavy atom. The molecule has 0 aliphatic rings. The van der Waals surface area contributed by atoms with E-state index in [0.29, 0.717) is 16.4 Å². The zero-order chi connectivity index (χ0) is 21.7. The molecule has 0 N–H and O–H groups in total. The van der Waals surface area contributed by atoms with Crippen molar-refractivity contribution in [3.8, 4) is 17.2 Å². The maximum atomic E-state index is 13.1. The predicted molar refractivity (Wildman–Crippen MR) is 111 cm³/mol. The first kappa shape index (κ1) is 21.6. The zero-order valence-corrected chi connectivity index (χ0v) is 17.5. The van der Waals surface area contributed by atoms with Crippen LogP contribution in [0.1, 0.15) is 16.1 Å². The number of carbonyl (C=O) groups is 1. The molecule has 1 aromatic heterocycles. The molecule has 0 saturated carbocycles. The van der Waals surface area contributed by atoms with E-state index in [-0.39, 0.29) is 24.0 Å². The van der Waals surface area contributed by atoms with Gasteiger partial charge in [0.2, 0.25) is 0 Å². The predicted octanol–water partition coefficient (Wildman–Crippen LogP) is 4.48. The van der Waals surface area contributed by atoms with Crippen molar-refractivity contribution in [2.45, 2.75) is 18.3 Å². The first-order valence-electron chi connectivity index (χ1n) is 8.99. The van der Waals surface area contributed by atoms with E-state index in [9.17, 15) is 13.6 Å². The third-order valence-corrected chi connectivity index (χ3v) is 5.01. The number of para-hydroxylation sites is 1. The Bertz CT molecular complexity index is 1010. The van der Waals surface area contributed by atoms with Gasteiger partial charge in [-0.15, -0.1) is 0 Å². The summed E-state index contributed by atoms with van der Waals surface area (Å²) >= 11 is 1.44. The van der Waals surface area contributed by atoms with Crippen LogP contribution in [-0.2, 0) is 6.54 Å². The number of rotatable bonds is 8. The topological polar surface area (TPSA) is 56.6 Å². The summed E-state index contributed by atoms with van der Waals surface area (Å²) in [7, 11) is 3.04. The molecule has 0 fully saturated rings. The van der Waals surface area contributed by atoms with Crippen molar-refractivity contribution in [3.05, 3.63) is 66.0 Å². The Labute approximate surface area is 177 Å². The molecule has 0 spiro atoms. The third kappa shape index (κ3) is 4.73. The van der Waals surface area contributed by atoms with E-state index in [4.69, 9.17) is 4.74 Å². The first-order chi connectivity index (χ1) is 14.4. The van der Waals surface area contributed by atoms with Gasteiger partial charge in [-0.25, -0.2) is 4.98 Å². The molecule has 30 heavy (non-hydrogen) atoms. The van der Waals surface area contributed by atoms with Crippen LogP contribution in [0.15, 0.2) is 59.9 Å². The Balaban J connectivity index is 1.84. The fourth-order valence-electron chi connectivity index (χ4n) is 3.00. The molecular weight excluding hydrogens is 412 g/mol. The lowest BCUT2D eigenvalue weighted by Crippen LogP contribution is -2.28. The van der Waals surface area contributed by atoms with Gasteiger partial charge in [0.1, 0.15) is 5.69 Å². The number of nitrogens with zero attached hydrogens (tertiary/aromatic N) is 3. The van der Waals surface area contributed by atoms with Gasteiger partial charge in [-0.1, -0.05) is 36.0 Å². The summed E-state index contributed by atoms with van der Waals surface area (Å²) < 4.78 is 36.4. The van der Waals surface area contributed by atoms with Crippen molar-refractivity contribution < 1.29 is 23.0 Å². The van der Waals surface area contributed by atoms with Crippen molar-refractivity contribution >= 4 is 17.7 Å². The van der Waals surface area contributed by atoms with E-state index in [1.807, 2.05) is 41.2 Å². The largest absolute Gasteiger partial charge is 0.493 e. The number of methoxy groups -OCH3 is 1. The Kier molecular flexibility index (Phi) is 6.94. The number of hydrogen-bond acceptors (Lipinski definition) is 5. The van der Waals surface area contributed by atoms with Gasteiger partial charge in [0.05, 0.1) is 13.3 Å². The number of alkyl halides is 2. The number of amides is 1. The van der Waals surface area contributed by atoms with E-state index in [2.05, 4.69) is 9.72 Å². The lowest BCUT2D eigenvalue weighted by molar-refractivity contribution is -0.0512. The summed E-state index contributed by atoms with van der Waals surface area (Å²) in [5, 5.41) is 0.702. The monoisotopic (exact) mass is 433 g/mol. The second-order valence-corrected chi connectivity index (χ2v) is 7.10.